The number of nitrogens with one attached hydrogen (secondary N) is 2. The van der Waals surface area contributed by atoms with Gasteiger partial charge in [-0.2, -0.15) is 11.8 Å². The Kier molecular flexibility index (Phi) is 6.21. The number of carbonyl (C=O) groups excluding carboxylic acids is 1. The maximum atomic E-state index is 11.7. The normalized spacial score (nSPS) is 24.1. The van der Waals surface area contributed by atoms with E-state index in [-0.39, 0.29) is 18.0 Å². The van der Waals surface area contributed by atoms with Gasteiger partial charge in [-0.1, -0.05) is 6.92 Å². The monoisotopic (exact) mass is 244 g/mol. The molecule has 4 heteroatoms. The quantitative estimate of drug-likeness (QED) is 0.748. The van der Waals surface area contributed by atoms with Gasteiger partial charge in [-0.3, -0.25) is 4.79 Å². The zero-order valence-electron chi connectivity index (χ0n) is 10.6. The van der Waals surface area contributed by atoms with Crippen molar-refractivity contribution >= 4 is 17.7 Å². The first-order valence-electron chi connectivity index (χ1n) is 6.28. The van der Waals surface area contributed by atoms with Crippen LogP contribution in [0.15, 0.2) is 0 Å². The Bertz CT molecular complexity index is 217. The summed E-state index contributed by atoms with van der Waals surface area (Å²) in [5.41, 5.74) is 0. The van der Waals surface area contributed by atoms with E-state index in [9.17, 15) is 4.79 Å². The minimum atomic E-state index is -0.0739. The Labute approximate surface area is 103 Å². The molecule has 1 aliphatic heterocycles. The average Bonchev–Trinajstić information content (AvgIpc) is 2.78. The Balaban J connectivity index is 2.17. The summed E-state index contributed by atoms with van der Waals surface area (Å²) in [5, 5.41) is 7.02. The smallest absolute Gasteiger partial charge is 0.237 e. The van der Waals surface area contributed by atoms with Crippen molar-refractivity contribution in [3.63, 3.8) is 0 Å². The van der Waals surface area contributed by atoms with Gasteiger partial charge in [0.2, 0.25) is 5.91 Å². The van der Waals surface area contributed by atoms with Crippen LogP contribution in [-0.2, 0) is 4.79 Å². The van der Waals surface area contributed by atoms with Crippen LogP contribution in [-0.4, -0.2) is 35.5 Å². The number of hydrogen-bond donors (Lipinski definition) is 2. The lowest BCUT2D eigenvalue weighted by molar-refractivity contribution is -0.123. The summed E-state index contributed by atoms with van der Waals surface area (Å²) in [6.07, 6.45) is 3.60. The van der Waals surface area contributed by atoms with Crippen molar-refractivity contribution in [3.8, 4) is 0 Å². The molecule has 0 spiro atoms. The predicted molar refractivity (Wildman–Crippen MR) is 70.8 cm³/mol. The number of carbonyl (C=O) groups is 1. The molecule has 0 aromatic carbocycles. The van der Waals surface area contributed by atoms with Gasteiger partial charge in [0, 0.05) is 17.8 Å². The van der Waals surface area contributed by atoms with Gasteiger partial charge in [0.15, 0.2) is 0 Å². The van der Waals surface area contributed by atoms with Gasteiger partial charge < -0.3 is 10.6 Å². The second-order valence-electron chi connectivity index (χ2n) is 4.58. The number of thioether (sulfide) groups is 1. The fraction of sp³-hybridized carbons (Fsp3) is 0.917. The summed E-state index contributed by atoms with van der Waals surface area (Å²) in [7, 11) is 0. The molecule has 3 unspecified atom stereocenters. The van der Waals surface area contributed by atoms with Gasteiger partial charge in [0.05, 0.1) is 6.04 Å². The lowest BCUT2D eigenvalue weighted by atomic mass is 10.2. The maximum absolute atomic E-state index is 11.7. The Morgan fingerprint density at radius 3 is 2.81 bits per heavy atom. The molecule has 16 heavy (non-hydrogen) atoms. The third kappa shape index (κ3) is 4.74. The van der Waals surface area contributed by atoms with Crippen LogP contribution in [0, 0.1) is 0 Å². The molecule has 1 saturated heterocycles. The largest absolute Gasteiger partial charge is 0.352 e. The van der Waals surface area contributed by atoms with Gasteiger partial charge in [-0.15, -0.1) is 0 Å². The van der Waals surface area contributed by atoms with Crippen LogP contribution in [0.4, 0.5) is 0 Å². The lowest BCUT2D eigenvalue weighted by Crippen LogP contribution is -2.46. The van der Waals surface area contributed by atoms with Crippen LogP contribution in [0.2, 0.25) is 0 Å². The van der Waals surface area contributed by atoms with E-state index in [1.807, 2.05) is 25.6 Å². The second kappa shape index (κ2) is 7.17. The fourth-order valence-electron chi connectivity index (χ4n) is 1.68. The van der Waals surface area contributed by atoms with Gasteiger partial charge in [-0.05, 0) is 38.9 Å². The van der Waals surface area contributed by atoms with Crippen molar-refractivity contribution in [3.05, 3.63) is 0 Å². The van der Waals surface area contributed by atoms with Crippen LogP contribution < -0.4 is 10.6 Å². The number of amides is 1. The standard InChI is InChI=1S/C12H24N2OS/c1-4-9(2)14-12(15)10(3)13-8-11-6-5-7-16-11/h9-11,13H,4-8H2,1-3H3,(H,14,15). The molecule has 3 atom stereocenters. The van der Waals surface area contributed by atoms with Crippen LogP contribution in [0.3, 0.4) is 0 Å². The minimum absolute atomic E-state index is 0.0739. The SMILES string of the molecule is CCC(C)NC(=O)C(C)NCC1CCCS1. The molecule has 0 radical (unpaired) electrons. The van der Waals surface area contributed by atoms with E-state index in [2.05, 4.69) is 17.6 Å². The van der Waals surface area contributed by atoms with E-state index in [0.717, 1.165) is 13.0 Å². The zero-order valence-corrected chi connectivity index (χ0v) is 11.4. The highest BCUT2D eigenvalue weighted by Gasteiger charge is 2.19. The molecule has 0 bridgehead atoms. The molecule has 1 fully saturated rings. The summed E-state index contributed by atoms with van der Waals surface area (Å²) in [5.74, 6) is 1.40. The highest BCUT2D eigenvalue weighted by molar-refractivity contribution is 8.00. The third-order valence-electron chi connectivity index (χ3n) is 3.07. The Morgan fingerprint density at radius 1 is 1.50 bits per heavy atom. The molecular formula is C12H24N2OS. The maximum Gasteiger partial charge on any atom is 0.237 e. The number of rotatable bonds is 6. The molecule has 1 heterocycles. The highest BCUT2D eigenvalue weighted by Crippen LogP contribution is 2.25. The molecule has 0 aliphatic carbocycles. The summed E-state index contributed by atoms with van der Waals surface area (Å²) in [6, 6.07) is 0.202. The average molecular weight is 244 g/mol. The lowest BCUT2D eigenvalue weighted by Gasteiger charge is -2.19. The summed E-state index contributed by atoms with van der Waals surface area (Å²) >= 11 is 2.02. The van der Waals surface area contributed by atoms with E-state index >= 15 is 0 Å². The fourth-order valence-corrected chi connectivity index (χ4v) is 2.89. The van der Waals surface area contributed by atoms with Crippen molar-refractivity contribution in [2.45, 2.75) is 57.4 Å². The van der Waals surface area contributed by atoms with Gasteiger partial charge in [0.25, 0.3) is 0 Å². The van der Waals surface area contributed by atoms with E-state index in [0.29, 0.717) is 5.25 Å². The van der Waals surface area contributed by atoms with Gasteiger partial charge in [0.1, 0.15) is 0 Å². The molecular weight excluding hydrogens is 220 g/mol. The van der Waals surface area contributed by atoms with Crippen LogP contribution >= 0.6 is 11.8 Å². The minimum Gasteiger partial charge on any atom is -0.352 e. The van der Waals surface area contributed by atoms with Crippen molar-refractivity contribution in [2.75, 3.05) is 12.3 Å². The first kappa shape index (κ1) is 13.8. The molecule has 1 amide bonds. The van der Waals surface area contributed by atoms with Gasteiger partial charge >= 0.3 is 0 Å². The summed E-state index contributed by atoms with van der Waals surface area (Å²) < 4.78 is 0. The molecule has 3 nitrogen and oxygen atoms in total. The van der Waals surface area contributed by atoms with Crippen LogP contribution in [0.25, 0.3) is 0 Å². The second-order valence-corrected chi connectivity index (χ2v) is 5.99. The predicted octanol–water partition coefficient (Wildman–Crippen LogP) is 1.77. The van der Waals surface area contributed by atoms with E-state index < -0.39 is 0 Å². The Morgan fingerprint density at radius 2 is 2.25 bits per heavy atom. The topological polar surface area (TPSA) is 41.1 Å². The van der Waals surface area contributed by atoms with Crippen molar-refractivity contribution in [2.24, 2.45) is 0 Å². The molecule has 0 aromatic heterocycles. The molecule has 1 rings (SSSR count). The van der Waals surface area contributed by atoms with Crippen molar-refractivity contribution in [1.82, 2.24) is 10.6 Å². The summed E-state index contributed by atoms with van der Waals surface area (Å²) in [4.78, 5) is 11.7. The number of hydrogen-bond acceptors (Lipinski definition) is 3. The highest BCUT2D eigenvalue weighted by atomic mass is 32.2. The van der Waals surface area contributed by atoms with Crippen LogP contribution in [0.5, 0.6) is 0 Å². The molecule has 94 valence electrons. The Hall–Kier alpha value is -0.220. The summed E-state index contributed by atoms with van der Waals surface area (Å²) in [6.45, 7) is 7.02. The van der Waals surface area contributed by atoms with E-state index in [1.165, 1.54) is 18.6 Å². The van der Waals surface area contributed by atoms with Crippen molar-refractivity contribution < 1.29 is 4.79 Å². The zero-order chi connectivity index (χ0) is 12.0. The van der Waals surface area contributed by atoms with Crippen molar-refractivity contribution in [1.29, 1.82) is 0 Å². The third-order valence-corrected chi connectivity index (χ3v) is 4.47. The van der Waals surface area contributed by atoms with E-state index in [4.69, 9.17) is 0 Å². The molecule has 2 N–H and O–H groups in total. The molecule has 0 aromatic rings. The molecule has 1 aliphatic rings. The van der Waals surface area contributed by atoms with E-state index in [1.54, 1.807) is 0 Å². The van der Waals surface area contributed by atoms with Gasteiger partial charge in [-0.25, -0.2) is 0 Å². The molecule has 0 saturated carbocycles. The first-order valence-corrected chi connectivity index (χ1v) is 7.33. The first-order chi connectivity index (χ1) is 7.63. The van der Waals surface area contributed by atoms with Crippen LogP contribution in [0.1, 0.15) is 40.0 Å².